The number of rotatable bonds is 3. The Hall–Kier alpha value is -1.10. The van der Waals surface area contributed by atoms with Gasteiger partial charge in [-0.15, -0.1) is 11.3 Å². The molecule has 1 aromatic rings. The predicted molar refractivity (Wildman–Crippen MR) is 70.4 cm³/mol. The lowest BCUT2D eigenvalue weighted by molar-refractivity contribution is 0.00622. The molecule has 96 valence electrons. The van der Waals surface area contributed by atoms with Crippen LogP contribution < -0.4 is 5.73 Å². The van der Waals surface area contributed by atoms with Gasteiger partial charge in [-0.2, -0.15) is 0 Å². The van der Waals surface area contributed by atoms with Crippen molar-refractivity contribution in [3.63, 3.8) is 0 Å². The Morgan fingerprint density at radius 2 is 2.12 bits per heavy atom. The normalized spacial score (nSPS) is 13.5. The molecule has 0 aliphatic heterocycles. The van der Waals surface area contributed by atoms with Crippen molar-refractivity contribution in [2.45, 2.75) is 52.6 Å². The first-order valence-corrected chi connectivity index (χ1v) is 6.55. The summed E-state index contributed by atoms with van der Waals surface area (Å²) in [5.41, 5.74) is 5.53. The Labute approximate surface area is 106 Å². The van der Waals surface area contributed by atoms with Crippen molar-refractivity contribution in [1.29, 1.82) is 0 Å². The molecular formula is C12H20N2O2S. The Morgan fingerprint density at radius 1 is 1.53 bits per heavy atom. The topological polar surface area (TPSA) is 65.2 Å². The van der Waals surface area contributed by atoms with Crippen molar-refractivity contribution >= 4 is 22.4 Å². The van der Waals surface area contributed by atoms with Crippen molar-refractivity contribution in [2.24, 2.45) is 0 Å². The van der Waals surface area contributed by atoms with E-state index < -0.39 is 5.60 Å². The van der Waals surface area contributed by atoms with Gasteiger partial charge in [-0.05, 0) is 33.1 Å². The SMILES string of the molecule is CCC(C)c1sc(N)nc1C(=O)OC(C)(C)C. The summed E-state index contributed by atoms with van der Waals surface area (Å²) >= 11 is 1.37. The summed E-state index contributed by atoms with van der Waals surface area (Å²) in [6.45, 7) is 9.64. The van der Waals surface area contributed by atoms with Crippen LogP contribution >= 0.6 is 11.3 Å². The van der Waals surface area contributed by atoms with Crippen molar-refractivity contribution in [3.8, 4) is 0 Å². The molecule has 4 nitrogen and oxygen atoms in total. The molecule has 1 aromatic heterocycles. The smallest absolute Gasteiger partial charge is 0.358 e. The lowest BCUT2D eigenvalue weighted by atomic mass is 10.1. The Balaban J connectivity index is 3.01. The summed E-state index contributed by atoms with van der Waals surface area (Å²) in [6.07, 6.45) is 0.942. The minimum atomic E-state index is -0.512. The van der Waals surface area contributed by atoms with E-state index in [1.165, 1.54) is 11.3 Å². The van der Waals surface area contributed by atoms with Crippen LogP contribution in [0.25, 0.3) is 0 Å². The van der Waals surface area contributed by atoms with Gasteiger partial charge in [0, 0.05) is 4.88 Å². The van der Waals surface area contributed by atoms with Crippen LogP contribution in [0.4, 0.5) is 5.13 Å². The molecule has 1 atom stereocenters. The van der Waals surface area contributed by atoms with Gasteiger partial charge in [0.2, 0.25) is 0 Å². The van der Waals surface area contributed by atoms with E-state index in [4.69, 9.17) is 10.5 Å². The summed E-state index contributed by atoms with van der Waals surface area (Å²) in [4.78, 5) is 17.0. The molecule has 1 rings (SSSR count). The van der Waals surface area contributed by atoms with E-state index in [0.717, 1.165) is 11.3 Å². The molecule has 0 aromatic carbocycles. The van der Waals surface area contributed by atoms with E-state index in [9.17, 15) is 4.79 Å². The molecule has 0 saturated heterocycles. The van der Waals surface area contributed by atoms with Gasteiger partial charge in [-0.25, -0.2) is 9.78 Å². The number of ether oxygens (including phenoxy) is 1. The average Bonchev–Trinajstić information content (AvgIpc) is 2.56. The fraction of sp³-hybridized carbons (Fsp3) is 0.667. The molecular weight excluding hydrogens is 236 g/mol. The van der Waals surface area contributed by atoms with E-state index in [2.05, 4.69) is 18.8 Å². The van der Waals surface area contributed by atoms with Crippen molar-refractivity contribution in [1.82, 2.24) is 4.98 Å². The number of thiazole rings is 1. The maximum atomic E-state index is 12.0. The second-order valence-corrected chi connectivity index (χ2v) is 6.14. The van der Waals surface area contributed by atoms with Crippen LogP contribution in [0, 0.1) is 0 Å². The van der Waals surface area contributed by atoms with Crippen LogP contribution in [0.3, 0.4) is 0 Å². The first-order valence-electron chi connectivity index (χ1n) is 5.74. The molecule has 0 aliphatic rings. The zero-order chi connectivity index (χ0) is 13.2. The molecule has 17 heavy (non-hydrogen) atoms. The highest BCUT2D eigenvalue weighted by molar-refractivity contribution is 7.15. The Morgan fingerprint density at radius 3 is 2.59 bits per heavy atom. The number of carbonyl (C=O) groups is 1. The molecule has 1 heterocycles. The van der Waals surface area contributed by atoms with Crippen LogP contribution in [-0.4, -0.2) is 16.6 Å². The van der Waals surface area contributed by atoms with E-state index in [1.807, 2.05) is 20.8 Å². The van der Waals surface area contributed by atoms with Gasteiger partial charge >= 0.3 is 5.97 Å². The van der Waals surface area contributed by atoms with Crippen LogP contribution in [0.15, 0.2) is 0 Å². The van der Waals surface area contributed by atoms with E-state index >= 15 is 0 Å². The van der Waals surface area contributed by atoms with Gasteiger partial charge in [0.15, 0.2) is 10.8 Å². The third-order valence-corrected chi connectivity index (χ3v) is 3.44. The molecule has 0 fully saturated rings. The number of esters is 1. The highest BCUT2D eigenvalue weighted by Gasteiger charge is 2.25. The number of hydrogen-bond donors (Lipinski definition) is 1. The molecule has 0 saturated carbocycles. The summed E-state index contributed by atoms with van der Waals surface area (Å²) in [5, 5.41) is 0.418. The maximum Gasteiger partial charge on any atom is 0.358 e. The molecule has 2 N–H and O–H groups in total. The van der Waals surface area contributed by atoms with Crippen molar-refractivity contribution in [2.75, 3.05) is 5.73 Å². The van der Waals surface area contributed by atoms with Crippen LogP contribution in [0.2, 0.25) is 0 Å². The van der Waals surface area contributed by atoms with E-state index in [-0.39, 0.29) is 11.9 Å². The number of aromatic nitrogens is 1. The number of nitrogens with two attached hydrogens (primary N) is 1. The van der Waals surface area contributed by atoms with Gasteiger partial charge in [-0.3, -0.25) is 0 Å². The molecule has 5 heteroatoms. The van der Waals surface area contributed by atoms with E-state index in [0.29, 0.717) is 10.8 Å². The summed E-state index contributed by atoms with van der Waals surface area (Å²) < 4.78 is 5.32. The second kappa shape index (κ2) is 5.04. The van der Waals surface area contributed by atoms with Gasteiger partial charge < -0.3 is 10.5 Å². The van der Waals surface area contributed by atoms with Crippen molar-refractivity contribution in [3.05, 3.63) is 10.6 Å². The standard InChI is InChI=1S/C12H20N2O2S/c1-6-7(2)9-8(14-11(13)17-9)10(15)16-12(3,4)5/h7H,6H2,1-5H3,(H2,13,14). The number of anilines is 1. The second-order valence-electron chi connectivity index (χ2n) is 5.08. The zero-order valence-electron chi connectivity index (χ0n) is 11.0. The molecule has 0 amide bonds. The summed E-state index contributed by atoms with van der Waals surface area (Å²) in [5.74, 6) is -0.118. The van der Waals surface area contributed by atoms with Crippen LogP contribution in [0.5, 0.6) is 0 Å². The van der Waals surface area contributed by atoms with Crippen LogP contribution in [-0.2, 0) is 4.74 Å². The minimum Gasteiger partial charge on any atom is -0.455 e. The molecule has 0 radical (unpaired) electrons. The first kappa shape index (κ1) is 14.0. The number of nitrogens with zero attached hydrogens (tertiary/aromatic N) is 1. The number of carbonyl (C=O) groups excluding carboxylic acids is 1. The van der Waals surface area contributed by atoms with Crippen LogP contribution in [0.1, 0.15) is 62.3 Å². The Kier molecular flexibility index (Phi) is 4.14. The predicted octanol–water partition coefficient (Wildman–Crippen LogP) is 3.19. The number of hydrogen-bond acceptors (Lipinski definition) is 5. The zero-order valence-corrected chi connectivity index (χ0v) is 11.9. The fourth-order valence-corrected chi connectivity index (χ4v) is 2.30. The van der Waals surface area contributed by atoms with Gasteiger partial charge in [0.05, 0.1) is 0 Å². The molecule has 0 bridgehead atoms. The summed E-state index contributed by atoms with van der Waals surface area (Å²) in [7, 11) is 0. The maximum absolute atomic E-state index is 12.0. The highest BCUT2D eigenvalue weighted by atomic mass is 32.1. The molecule has 0 aliphatic carbocycles. The third-order valence-electron chi connectivity index (χ3n) is 2.32. The van der Waals surface area contributed by atoms with Gasteiger partial charge in [0.1, 0.15) is 5.60 Å². The van der Waals surface area contributed by atoms with Gasteiger partial charge in [-0.1, -0.05) is 13.8 Å². The van der Waals surface area contributed by atoms with E-state index in [1.54, 1.807) is 0 Å². The minimum absolute atomic E-state index is 0.271. The monoisotopic (exact) mass is 256 g/mol. The molecule has 0 spiro atoms. The first-order chi connectivity index (χ1) is 7.74. The Bertz CT molecular complexity index is 407. The lowest BCUT2D eigenvalue weighted by Crippen LogP contribution is -2.24. The third kappa shape index (κ3) is 3.70. The van der Waals surface area contributed by atoms with Crippen molar-refractivity contribution < 1.29 is 9.53 Å². The molecule has 1 unspecified atom stereocenters. The highest BCUT2D eigenvalue weighted by Crippen LogP contribution is 2.31. The fourth-order valence-electron chi connectivity index (χ4n) is 1.34. The summed E-state index contributed by atoms with van der Waals surface area (Å²) in [6, 6.07) is 0. The van der Waals surface area contributed by atoms with Gasteiger partial charge in [0.25, 0.3) is 0 Å². The largest absolute Gasteiger partial charge is 0.455 e. The average molecular weight is 256 g/mol. The number of nitrogen functional groups attached to an aromatic ring is 1. The quantitative estimate of drug-likeness (QED) is 0.843. The lowest BCUT2D eigenvalue weighted by Gasteiger charge is -2.19.